The van der Waals surface area contributed by atoms with Crippen molar-refractivity contribution in [2.75, 3.05) is 7.11 Å². The van der Waals surface area contributed by atoms with Gasteiger partial charge in [-0.25, -0.2) is 27.1 Å². The zero-order valence-electron chi connectivity index (χ0n) is 16.9. The number of nitrogens with zero attached hydrogens (tertiary/aromatic N) is 1. The molecule has 32 heavy (non-hydrogen) atoms. The number of nitrogens with one attached hydrogen (secondary N) is 2. The summed E-state index contributed by atoms with van der Waals surface area (Å²) in [6, 6.07) is 3.47. The Balaban J connectivity index is 2.15. The molecule has 3 aromatic rings. The molecule has 1 aromatic heterocycles. The average molecular weight is 553 g/mol. The lowest BCUT2D eigenvalue weighted by atomic mass is 9.92. The molecule has 0 radical (unpaired) electrons. The fourth-order valence-corrected chi connectivity index (χ4v) is 5.39. The fraction of sp³-hybridized carbons (Fsp3) is 0.263. The van der Waals surface area contributed by atoms with E-state index in [-0.39, 0.29) is 31.6 Å². The lowest BCUT2D eigenvalue weighted by Gasteiger charge is -2.25. The number of hydrogen-bond donors (Lipinski definition) is 2. The van der Waals surface area contributed by atoms with Gasteiger partial charge in [-0.05, 0) is 30.7 Å². The first-order valence-electron chi connectivity index (χ1n) is 9.01. The van der Waals surface area contributed by atoms with E-state index in [0.29, 0.717) is 5.56 Å². The van der Waals surface area contributed by atoms with Gasteiger partial charge in [0.15, 0.2) is 11.6 Å². The maximum absolute atomic E-state index is 14.8. The third-order valence-electron chi connectivity index (χ3n) is 4.75. The SMILES string of the molecule is COc1cc(Cl)ccc1S(=O)(=O)NC(c1n[nH]c(=O)o1)C(C)c1c(F)c(F)cc(C)c1Br. The minimum atomic E-state index is -4.34. The maximum Gasteiger partial charge on any atom is 0.434 e. The molecule has 0 saturated carbocycles. The van der Waals surface area contributed by atoms with Crippen LogP contribution in [0.4, 0.5) is 8.78 Å². The van der Waals surface area contributed by atoms with Crippen molar-refractivity contribution in [3.8, 4) is 5.75 Å². The van der Waals surface area contributed by atoms with Crippen molar-refractivity contribution in [2.45, 2.75) is 30.7 Å². The first-order valence-corrected chi connectivity index (χ1v) is 11.7. The highest BCUT2D eigenvalue weighted by Gasteiger charge is 2.35. The van der Waals surface area contributed by atoms with E-state index in [0.717, 1.165) is 6.07 Å². The standard InChI is InChI=1S/C19H17BrClF2N3O5S/c1-8-6-11(22)16(23)14(15(8)20)9(2)17(18-24-25-19(27)31-18)26-32(28,29)13-5-4-10(21)7-12(13)30-3/h4-7,9,17,26H,1-3H3,(H,25,27). The molecule has 3 rings (SSSR count). The number of H-pyrrole nitrogens is 1. The van der Waals surface area contributed by atoms with Gasteiger partial charge in [0.1, 0.15) is 16.7 Å². The summed E-state index contributed by atoms with van der Waals surface area (Å²) in [5.74, 6) is -4.73. The number of ether oxygens (including phenoxy) is 1. The monoisotopic (exact) mass is 551 g/mol. The van der Waals surface area contributed by atoms with Crippen LogP contribution in [0.5, 0.6) is 5.75 Å². The topological polar surface area (TPSA) is 114 Å². The Morgan fingerprint density at radius 3 is 2.59 bits per heavy atom. The molecule has 8 nitrogen and oxygen atoms in total. The van der Waals surface area contributed by atoms with Crippen LogP contribution in [0.15, 0.2) is 42.8 Å². The highest BCUT2D eigenvalue weighted by Crippen LogP contribution is 2.39. The van der Waals surface area contributed by atoms with Crippen LogP contribution in [0, 0.1) is 18.6 Å². The molecule has 0 fully saturated rings. The van der Waals surface area contributed by atoms with Crippen LogP contribution in [0.2, 0.25) is 5.02 Å². The van der Waals surface area contributed by atoms with E-state index < -0.39 is 39.4 Å². The molecule has 2 N–H and O–H groups in total. The Kier molecular flexibility index (Phi) is 7.08. The molecule has 0 aliphatic heterocycles. The maximum atomic E-state index is 14.8. The van der Waals surface area contributed by atoms with E-state index in [1.807, 2.05) is 5.10 Å². The van der Waals surface area contributed by atoms with Crippen LogP contribution in [0.3, 0.4) is 0 Å². The lowest BCUT2D eigenvalue weighted by molar-refractivity contribution is 0.371. The number of methoxy groups -OCH3 is 1. The number of sulfonamides is 1. The molecule has 2 atom stereocenters. The summed E-state index contributed by atoms with van der Waals surface area (Å²) < 4.78 is 67.9. The number of hydrogen-bond acceptors (Lipinski definition) is 6. The van der Waals surface area contributed by atoms with Crippen molar-refractivity contribution in [1.29, 1.82) is 0 Å². The van der Waals surface area contributed by atoms with Crippen LogP contribution >= 0.6 is 27.5 Å². The molecule has 2 unspecified atom stereocenters. The fourth-order valence-electron chi connectivity index (χ4n) is 3.16. The van der Waals surface area contributed by atoms with E-state index in [1.165, 1.54) is 32.2 Å². The van der Waals surface area contributed by atoms with E-state index in [1.54, 1.807) is 6.92 Å². The van der Waals surface area contributed by atoms with E-state index in [4.69, 9.17) is 20.8 Å². The summed E-state index contributed by atoms with van der Waals surface area (Å²) in [5.41, 5.74) is 0.221. The van der Waals surface area contributed by atoms with Gasteiger partial charge >= 0.3 is 5.76 Å². The largest absolute Gasteiger partial charge is 0.495 e. The van der Waals surface area contributed by atoms with Crippen LogP contribution < -0.4 is 15.2 Å². The van der Waals surface area contributed by atoms with Crippen LogP contribution in [-0.4, -0.2) is 25.7 Å². The molecule has 0 aliphatic carbocycles. The number of halogens is 4. The number of rotatable bonds is 7. The molecule has 2 aromatic carbocycles. The van der Waals surface area contributed by atoms with Crippen LogP contribution in [-0.2, 0) is 10.0 Å². The van der Waals surface area contributed by atoms with Gasteiger partial charge in [-0.2, -0.15) is 4.72 Å². The summed E-state index contributed by atoms with van der Waals surface area (Å²) in [7, 11) is -3.07. The number of aryl methyl sites for hydroxylation is 1. The molecule has 0 aliphatic rings. The Hall–Kier alpha value is -2.28. The predicted molar refractivity (Wildman–Crippen MR) is 115 cm³/mol. The molecular formula is C19H17BrClF2N3O5S. The lowest BCUT2D eigenvalue weighted by Crippen LogP contribution is -2.33. The second kappa shape index (κ2) is 9.30. The van der Waals surface area contributed by atoms with Crippen molar-refractivity contribution in [3.05, 3.63) is 73.0 Å². The van der Waals surface area contributed by atoms with Gasteiger partial charge in [0.25, 0.3) is 0 Å². The normalized spacial score (nSPS) is 13.7. The van der Waals surface area contributed by atoms with Gasteiger partial charge in [-0.3, -0.25) is 0 Å². The van der Waals surface area contributed by atoms with Crippen molar-refractivity contribution in [3.63, 3.8) is 0 Å². The first-order chi connectivity index (χ1) is 15.0. The van der Waals surface area contributed by atoms with E-state index >= 15 is 0 Å². The summed E-state index contributed by atoms with van der Waals surface area (Å²) in [5, 5.41) is 5.96. The Labute approximate surface area is 195 Å². The van der Waals surface area contributed by atoms with Crippen LogP contribution in [0.1, 0.15) is 35.9 Å². The van der Waals surface area contributed by atoms with Gasteiger partial charge in [0, 0.05) is 27.0 Å². The molecular weight excluding hydrogens is 536 g/mol. The van der Waals surface area contributed by atoms with Crippen molar-refractivity contribution in [2.24, 2.45) is 0 Å². The highest BCUT2D eigenvalue weighted by molar-refractivity contribution is 9.10. The van der Waals surface area contributed by atoms with Gasteiger partial charge < -0.3 is 9.15 Å². The third-order valence-corrected chi connectivity index (χ3v) is 7.51. The Morgan fingerprint density at radius 2 is 2.00 bits per heavy atom. The van der Waals surface area contributed by atoms with E-state index in [9.17, 15) is 22.0 Å². The van der Waals surface area contributed by atoms with E-state index in [2.05, 4.69) is 25.8 Å². The minimum Gasteiger partial charge on any atom is -0.495 e. The summed E-state index contributed by atoms with van der Waals surface area (Å²) in [6.07, 6.45) is 0. The second-order valence-corrected chi connectivity index (χ2v) is 9.76. The molecule has 13 heteroatoms. The minimum absolute atomic E-state index is 0.0474. The van der Waals surface area contributed by atoms with Gasteiger partial charge in [-0.15, -0.1) is 5.10 Å². The smallest absolute Gasteiger partial charge is 0.434 e. The zero-order chi connectivity index (χ0) is 23.8. The van der Waals surface area contributed by atoms with Gasteiger partial charge in [0.05, 0.1) is 7.11 Å². The van der Waals surface area contributed by atoms with Crippen molar-refractivity contribution < 1.29 is 26.4 Å². The molecule has 0 amide bonds. The van der Waals surface area contributed by atoms with Gasteiger partial charge in [0.2, 0.25) is 15.9 Å². The Morgan fingerprint density at radius 1 is 1.31 bits per heavy atom. The number of aromatic nitrogens is 2. The quantitative estimate of drug-likeness (QED) is 0.425. The van der Waals surface area contributed by atoms with Gasteiger partial charge in [-0.1, -0.05) is 34.5 Å². The van der Waals surface area contributed by atoms with Crippen LogP contribution in [0.25, 0.3) is 0 Å². The molecule has 172 valence electrons. The second-order valence-electron chi connectivity index (χ2n) is 6.85. The zero-order valence-corrected chi connectivity index (χ0v) is 20.0. The molecule has 0 bridgehead atoms. The summed E-state index contributed by atoms with van der Waals surface area (Å²) in [4.78, 5) is 11.3. The highest BCUT2D eigenvalue weighted by atomic mass is 79.9. The molecule has 1 heterocycles. The number of benzene rings is 2. The number of aromatic amines is 1. The summed E-state index contributed by atoms with van der Waals surface area (Å²) in [6.45, 7) is 2.98. The third kappa shape index (κ3) is 4.72. The summed E-state index contributed by atoms with van der Waals surface area (Å²) >= 11 is 9.13. The van der Waals surface area contributed by atoms with Crippen molar-refractivity contribution >= 4 is 37.6 Å². The predicted octanol–water partition coefficient (Wildman–Crippen LogP) is 4.20. The molecule has 0 spiro atoms. The first kappa shape index (κ1) is 24.4. The molecule has 0 saturated heterocycles. The van der Waals surface area contributed by atoms with Crippen molar-refractivity contribution in [1.82, 2.24) is 14.9 Å². The Bertz CT molecular complexity index is 1300. The average Bonchev–Trinajstić information content (AvgIpc) is 3.16.